The fraction of sp³-hybridized carbons (Fsp3) is 0.500. The highest BCUT2D eigenvalue weighted by Gasteiger charge is 2.16. The normalized spacial score (nSPS) is 16.9. The molecule has 0 aliphatic carbocycles. The molecule has 0 atom stereocenters. The number of rotatable bonds is 3. The monoisotopic (exact) mass is 285 g/mol. The molecule has 0 bridgehead atoms. The highest BCUT2D eigenvalue weighted by molar-refractivity contribution is 6.31. The summed E-state index contributed by atoms with van der Waals surface area (Å²) in [4.78, 5) is 13.2. The minimum atomic E-state index is -0.474. The maximum absolute atomic E-state index is 13.0. The summed E-state index contributed by atoms with van der Waals surface area (Å²) in [7, 11) is 0. The average molecular weight is 286 g/mol. The zero-order chi connectivity index (χ0) is 13.7. The molecule has 1 aliphatic rings. The van der Waals surface area contributed by atoms with Crippen molar-refractivity contribution in [2.45, 2.75) is 25.7 Å². The van der Waals surface area contributed by atoms with Gasteiger partial charge in [0.25, 0.3) is 5.91 Å². The number of carbonyl (C=O) groups is 1. The average Bonchev–Trinajstić information content (AvgIpc) is 2.62. The number of carbonyl (C=O) groups excluding carboxylic acids is 1. The first kappa shape index (κ1) is 14.3. The van der Waals surface area contributed by atoms with Gasteiger partial charge in [0.1, 0.15) is 5.82 Å². The maximum atomic E-state index is 13.0. The van der Waals surface area contributed by atoms with E-state index < -0.39 is 5.82 Å². The van der Waals surface area contributed by atoms with Crippen molar-refractivity contribution < 1.29 is 14.1 Å². The fourth-order valence-corrected chi connectivity index (χ4v) is 2.59. The number of nitrogens with one attached hydrogen (secondary N) is 2. The van der Waals surface area contributed by atoms with Gasteiger partial charge in [0.05, 0.1) is 18.1 Å². The summed E-state index contributed by atoms with van der Waals surface area (Å²) in [5, 5.41) is 2.79. The van der Waals surface area contributed by atoms with Crippen molar-refractivity contribution in [1.82, 2.24) is 0 Å². The van der Waals surface area contributed by atoms with Crippen LogP contribution in [0.2, 0.25) is 5.02 Å². The maximum Gasteiger partial charge on any atom is 0.279 e. The van der Waals surface area contributed by atoms with Crippen molar-refractivity contribution in [2.75, 3.05) is 25.0 Å². The second-order valence-electron chi connectivity index (χ2n) is 5.02. The van der Waals surface area contributed by atoms with E-state index in [4.69, 9.17) is 11.6 Å². The van der Waals surface area contributed by atoms with Gasteiger partial charge in [-0.25, -0.2) is 4.39 Å². The first-order valence-corrected chi connectivity index (χ1v) is 7.11. The molecule has 1 saturated heterocycles. The second kappa shape index (κ2) is 6.87. The summed E-state index contributed by atoms with van der Waals surface area (Å²) >= 11 is 5.68. The molecule has 1 fully saturated rings. The van der Waals surface area contributed by atoms with Crippen LogP contribution in [0.1, 0.15) is 25.7 Å². The van der Waals surface area contributed by atoms with E-state index in [1.54, 1.807) is 0 Å². The van der Waals surface area contributed by atoms with Crippen molar-refractivity contribution >= 4 is 23.2 Å². The molecular weight excluding hydrogens is 267 g/mol. The second-order valence-corrected chi connectivity index (χ2v) is 5.43. The summed E-state index contributed by atoms with van der Waals surface area (Å²) in [5.41, 5.74) is 0.547. The summed E-state index contributed by atoms with van der Waals surface area (Å²) in [6, 6.07) is 4.22. The summed E-state index contributed by atoms with van der Waals surface area (Å²) < 4.78 is 13.0. The molecule has 1 aromatic carbocycles. The molecule has 2 rings (SSSR count). The lowest BCUT2D eigenvalue weighted by Crippen LogP contribution is -3.12. The third-order valence-corrected chi connectivity index (χ3v) is 3.71. The predicted octanol–water partition coefficient (Wildman–Crippen LogP) is 1.88. The number of likely N-dealkylation sites (tertiary alicyclic amines) is 1. The highest BCUT2D eigenvalue weighted by Crippen LogP contribution is 2.19. The number of amides is 1. The van der Waals surface area contributed by atoms with E-state index in [-0.39, 0.29) is 10.9 Å². The van der Waals surface area contributed by atoms with Crippen LogP contribution in [-0.2, 0) is 4.79 Å². The molecule has 0 spiro atoms. The van der Waals surface area contributed by atoms with Gasteiger partial charge in [-0.05, 0) is 43.9 Å². The van der Waals surface area contributed by atoms with Crippen LogP contribution in [-0.4, -0.2) is 25.5 Å². The van der Waals surface area contributed by atoms with E-state index in [2.05, 4.69) is 5.32 Å². The summed E-state index contributed by atoms with van der Waals surface area (Å²) in [6.45, 7) is 2.57. The van der Waals surface area contributed by atoms with Crippen LogP contribution in [0.25, 0.3) is 0 Å². The summed E-state index contributed by atoms with van der Waals surface area (Å²) in [5.74, 6) is -0.516. The van der Waals surface area contributed by atoms with E-state index in [0.717, 1.165) is 13.1 Å². The third-order valence-electron chi connectivity index (χ3n) is 3.42. The zero-order valence-electron chi connectivity index (χ0n) is 10.8. The van der Waals surface area contributed by atoms with Crippen molar-refractivity contribution in [1.29, 1.82) is 0 Å². The molecule has 1 aromatic rings. The lowest BCUT2D eigenvalue weighted by Gasteiger charge is -2.16. The molecule has 0 radical (unpaired) electrons. The van der Waals surface area contributed by atoms with E-state index in [0.29, 0.717) is 12.2 Å². The van der Waals surface area contributed by atoms with Gasteiger partial charge in [0.2, 0.25) is 0 Å². The van der Waals surface area contributed by atoms with Crippen LogP contribution in [0.5, 0.6) is 0 Å². The van der Waals surface area contributed by atoms with Crippen molar-refractivity contribution in [2.24, 2.45) is 0 Å². The topological polar surface area (TPSA) is 33.5 Å². The Morgan fingerprint density at radius 3 is 2.58 bits per heavy atom. The van der Waals surface area contributed by atoms with Gasteiger partial charge in [-0.2, -0.15) is 0 Å². The lowest BCUT2D eigenvalue weighted by atomic mass is 10.2. The Kier molecular flexibility index (Phi) is 5.16. The Balaban J connectivity index is 1.87. The van der Waals surface area contributed by atoms with E-state index in [9.17, 15) is 9.18 Å². The zero-order valence-corrected chi connectivity index (χ0v) is 11.6. The third kappa shape index (κ3) is 4.48. The van der Waals surface area contributed by atoms with Crippen LogP contribution in [0, 0.1) is 5.82 Å². The number of hydrogen-bond acceptors (Lipinski definition) is 1. The molecule has 0 aromatic heterocycles. The first-order valence-electron chi connectivity index (χ1n) is 6.73. The minimum Gasteiger partial charge on any atom is -0.327 e. The number of hydrogen-bond donors (Lipinski definition) is 2. The molecule has 0 saturated carbocycles. The fourth-order valence-electron chi connectivity index (χ4n) is 2.41. The highest BCUT2D eigenvalue weighted by atomic mass is 35.5. The van der Waals surface area contributed by atoms with Gasteiger partial charge in [-0.3, -0.25) is 4.79 Å². The number of anilines is 1. The molecule has 0 unspecified atom stereocenters. The Labute approximate surface area is 117 Å². The molecule has 2 N–H and O–H groups in total. The van der Waals surface area contributed by atoms with Crippen LogP contribution in [0.4, 0.5) is 10.1 Å². The molecule has 104 valence electrons. The van der Waals surface area contributed by atoms with Gasteiger partial charge in [0, 0.05) is 5.69 Å². The standard InChI is InChI=1S/C14H18ClFN2O/c15-12-9-11(5-6-13(12)16)17-14(19)10-18-7-3-1-2-4-8-18/h5-6,9H,1-4,7-8,10H2,(H,17,19)/p+1. The molecular formula is C14H19ClFN2O+. The quantitative estimate of drug-likeness (QED) is 0.873. The van der Waals surface area contributed by atoms with E-state index in [1.165, 1.54) is 48.8 Å². The molecule has 1 amide bonds. The number of halogens is 2. The van der Waals surface area contributed by atoms with Crippen molar-refractivity contribution in [3.8, 4) is 0 Å². The van der Waals surface area contributed by atoms with Gasteiger partial charge in [0.15, 0.2) is 6.54 Å². The number of quaternary nitrogens is 1. The van der Waals surface area contributed by atoms with Crippen molar-refractivity contribution in [3.05, 3.63) is 29.0 Å². The molecule has 1 heterocycles. The smallest absolute Gasteiger partial charge is 0.279 e. The van der Waals surface area contributed by atoms with Crippen LogP contribution >= 0.6 is 11.6 Å². The van der Waals surface area contributed by atoms with E-state index in [1.807, 2.05) is 0 Å². The van der Waals surface area contributed by atoms with Crippen molar-refractivity contribution in [3.63, 3.8) is 0 Å². The Morgan fingerprint density at radius 1 is 1.26 bits per heavy atom. The van der Waals surface area contributed by atoms with Crippen LogP contribution in [0.3, 0.4) is 0 Å². The van der Waals surface area contributed by atoms with E-state index >= 15 is 0 Å². The van der Waals surface area contributed by atoms with Gasteiger partial charge in [-0.1, -0.05) is 11.6 Å². The SMILES string of the molecule is O=C(C[NH+]1CCCCCC1)Nc1ccc(F)c(Cl)c1. The molecule has 1 aliphatic heterocycles. The first-order chi connectivity index (χ1) is 9.15. The Morgan fingerprint density at radius 2 is 1.95 bits per heavy atom. The number of benzene rings is 1. The lowest BCUT2D eigenvalue weighted by molar-refractivity contribution is -0.890. The largest absolute Gasteiger partial charge is 0.327 e. The predicted molar refractivity (Wildman–Crippen MR) is 74.1 cm³/mol. The van der Waals surface area contributed by atoms with Crippen LogP contribution < -0.4 is 10.2 Å². The molecule has 19 heavy (non-hydrogen) atoms. The van der Waals surface area contributed by atoms with Gasteiger partial charge >= 0.3 is 0 Å². The Bertz CT molecular complexity index is 445. The molecule has 3 nitrogen and oxygen atoms in total. The summed E-state index contributed by atoms with van der Waals surface area (Å²) in [6.07, 6.45) is 4.90. The van der Waals surface area contributed by atoms with Crippen LogP contribution in [0.15, 0.2) is 18.2 Å². The van der Waals surface area contributed by atoms with Gasteiger partial charge < -0.3 is 10.2 Å². The minimum absolute atomic E-state index is 0.0277. The van der Waals surface area contributed by atoms with Gasteiger partial charge in [-0.15, -0.1) is 0 Å². The molecule has 5 heteroatoms. The Hall–Kier alpha value is -1.13.